The number of nitrogens with zero attached hydrogens (tertiary/aromatic N) is 1. The number of esters is 1. The largest absolute Gasteiger partial charge is 0.488 e. The SMILES string of the molecule is COC(=O)c1ccc(COc2ccccc2C=NNc2ccccc2Cl)cc1. The van der Waals surface area contributed by atoms with Gasteiger partial charge < -0.3 is 9.47 Å². The van der Waals surface area contributed by atoms with Crippen LogP contribution >= 0.6 is 11.6 Å². The van der Waals surface area contributed by atoms with Crippen LogP contribution in [0.2, 0.25) is 5.02 Å². The van der Waals surface area contributed by atoms with Crippen molar-refractivity contribution >= 4 is 29.5 Å². The first kappa shape index (κ1) is 19.5. The van der Waals surface area contributed by atoms with Crippen LogP contribution in [0, 0.1) is 0 Å². The zero-order chi connectivity index (χ0) is 19.8. The predicted octanol–water partition coefficient (Wildman–Crippen LogP) is 5.15. The van der Waals surface area contributed by atoms with Crippen LogP contribution in [0.3, 0.4) is 0 Å². The minimum Gasteiger partial charge on any atom is -0.488 e. The second-order valence-electron chi connectivity index (χ2n) is 5.86. The molecule has 0 heterocycles. The van der Waals surface area contributed by atoms with Crippen LogP contribution in [0.25, 0.3) is 0 Å². The molecule has 0 spiro atoms. The number of ether oxygens (including phenoxy) is 2. The second-order valence-corrected chi connectivity index (χ2v) is 6.27. The second kappa shape index (κ2) is 9.58. The highest BCUT2D eigenvalue weighted by Gasteiger charge is 2.06. The molecule has 0 radical (unpaired) electrons. The average molecular weight is 395 g/mol. The molecule has 0 atom stereocenters. The number of benzene rings is 3. The zero-order valence-electron chi connectivity index (χ0n) is 15.3. The molecule has 0 unspecified atom stereocenters. The molecule has 28 heavy (non-hydrogen) atoms. The lowest BCUT2D eigenvalue weighted by Gasteiger charge is -2.09. The number of hydrogen-bond donors (Lipinski definition) is 1. The van der Waals surface area contributed by atoms with E-state index in [0.29, 0.717) is 22.9 Å². The molecular weight excluding hydrogens is 376 g/mol. The molecule has 3 rings (SSSR count). The lowest BCUT2D eigenvalue weighted by atomic mass is 10.1. The van der Waals surface area contributed by atoms with Crippen LogP contribution in [0.15, 0.2) is 77.9 Å². The number of para-hydroxylation sites is 2. The Morgan fingerprint density at radius 3 is 2.50 bits per heavy atom. The maximum atomic E-state index is 11.5. The monoisotopic (exact) mass is 394 g/mol. The molecular formula is C22H19ClN2O3. The van der Waals surface area contributed by atoms with Crippen molar-refractivity contribution in [3.8, 4) is 5.75 Å². The summed E-state index contributed by atoms with van der Waals surface area (Å²) in [6.45, 7) is 0.365. The highest BCUT2D eigenvalue weighted by atomic mass is 35.5. The fourth-order valence-corrected chi connectivity index (χ4v) is 2.64. The Balaban J connectivity index is 1.64. The Bertz CT molecular complexity index is 972. The predicted molar refractivity (Wildman–Crippen MR) is 111 cm³/mol. The maximum Gasteiger partial charge on any atom is 0.337 e. The average Bonchev–Trinajstić information content (AvgIpc) is 2.74. The van der Waals surface area contributed by atoms with E-state index in [-0.39, 0.29) is 5.97 Å². The van der Waals surface area contributed by atoms with E-state index in [0.717, 1.165) is 16.8 Å². The highest BCUT2D eigenvalue weighted by Crippen LogP contribution is 2.21. The van der Waals surface area contributed by atoms with E-state index in [1.807, 2.05) is 54.6 Å². The standard InChI is InChI=1S/C22H19ClN2O3/c1-27-22(26)17-12-10-16(11-13-17)15-28-21-9-5-2-6-18(21)14-24-25-20-8-4-3-7-19(20)23/h2-14,25H,15H2,1H3. The van der Waals surface area contributed by atoms with Crippen molar-refractivity contribution in [3.05, 3.63) is 94.5 Å². The van der Waals surface area contributed by atoms with E-state index < -0.39 is 0 Å². The summed E-state index contributed by atoms with van der Waals surface area (Å²) in [5.41, 5.74) is 5.92. The number of nitrogens with one attached hydrogen (secondary N) is 1. The third kappa shape index (κ3) is 5.11. The van der Waals surface area contributed by atoms with Crippen LogP contribution in [-0.2, 0) is 11.3 Å². The Kier molecular flexibility index (Phi) is 6.65. The van der Waals surface area contributed by atoms with Gasteiger partial charge in [0, 0.05) is 5.56 Å². The van der Waals surface area contributed by atoms with Gasteiger partial charge in [0.25, 0.3) is 0 Å². The number of hydrazone groups is 1. The molecule has 0 aromatic heterocycles. The Labute approximate surface area is 168 Å². The number of methoxy groups -OCH3 is 1. The molecule has 0 saturated carbocycles. The van der Waals surface area contributed by atoms with E-state index in [1.54, 1.807) is 24.4 Å². The Hall–Kier alpha value is -3.31. The van der Waals surface area contributed by atoms with Crippen LogP contribution < -0.4 is 10.2 Å². The van der Waals surface area contributed by atoms with Crippen molar-refractivity contribution in [1.82, 2.24) is 0 Å². The smallest absolute Gasteiger partial charge is 0.337 e. The number of carbonyl (C=O) groups excluding carboxylic acids is 1. The summed E-state index contributed by atoms with van der Waals surface area (Å²) < 4.78 is 10.6. The number of hydrogen-bond acceptors (Lipinski definition) is 5. The Morgan fingerprint density at radius 1 is 1.04 bits per heavy atom. The molecule has 0 aliphatic rings. The van der Waals surface area contributed by atoms with E-state index >= 15 is 0 Å². The minimum atomic E-state index is -0.361. The van der Waals surface area contributed by atoms with Crippen molar-refractivity contribution in [2.24, 2.45) is 5.10 Å². The summed E-state index contributed by atoms with van der Waals surface area (Å²) in [6.07, 6.45) is 1.68. The van der Waals surface area contributed by atoms with Crippen molar-refractivity contribution in [3.63, 3.8) is 0 Å². The number of halogens is 1. The van der Waals surface area contributed by atoms with Crippen LogP contribution in [0.5, 0.6) is 5.75 Å². The lowest BCUT2D eigenvalue weighted by Crippen LogP contribution is -2.02. The molecule has 0 fully saturated rings. The molecule has 0 aliphatic heterocycles. The van der Waals surface area contributed by atoms with Gasteiger partial charge in [-0.25, -0.2) is 4.79 Å². The molecule has 0 saturated heterocycles. The van der Waals surface area contributed by atoms with Crippen LogP contribution in [0.1, 0.15) is 21.5 Å². The van der Waals surface area contributed by atoms with Crippen molar-refractivity contribution in [1.29, 1.82) is 0 Å². The number of carbonyl (C=O) groups is 1. The van der Waals surface area contributed by atoms with Gasteiger partial charge in [-0.2, -0.15) is 5.10 Å². The molecule has 3 aromatic rings. The van der Waals surface area contributed by atoms with E-state index in [2.05, 4.69) is 10.5 Å². The summed E-state index contributed by atoms with van der Waals surface area (Å²) in [5, 5.41) is 4.83. The highest BCUT2D eigenvalue weighted by molar-refractivity contribution is 6.33. The summed E-state index contributed by atoms with van der Waals surface area (Å²) in [5.74, 6) is 0.337. The first-order chi connectivity index (χ1) is 13.7. The first-order valence-corrected chi connectivity index (χ1v) is 8.98. The fourth-order valence-electron chi connectivity index (χ4n) is 2.46. The molecule has 0 bridgehead atoms. The van der Waals surface area contributed by atoms with Crippen LogP contribution in [-0.4, -0.2) is 19.3 Å². The summed E-state index contributed by atoms with van der Waals surface area (Å²) in [6, 6.07) is 22.1. The first-order valence-electron chi connectivity index (χ1n) is 8.60. The van der Waals surface area contributed by atoms with Crippen molar-refractivity contribution in [2.75, 3.05) is 12.5 Å². The lowest BCUT2D eigenvalue weighted by molar-refractivity contribution is 0.0600. The Morgan fingerprint density at radius 2 is 1.75 bits per heavy atom. The molecule has 0 amide bonds. The third-order valence-corrected chi connectivity index (χ3v) is 4.28. The van der Waals surface area contributed by atoms with Gasteiger partial charge >= 0.3 is 5.97 Å². The van der Waals surface area contributed by atoms with Gasteiger partial charge in [-0.3, -0.25) is 5.43 Å². The van der Waals surface area contributed by atoms with Gasteiger partial charge in [-0.1, -0.05) is 48.0 Å². The van der Waals surface area contributed by atoms with E-state index in [4.69, 9.17) is 21.1 Å². The molecule has 6 heteroatoms. The number of rotatable bonds is 7. The zero-order valence-corrected chi connectivity index (χ0v) is 16.0. The van der Waals surface area contributed by atoms with Crippen LogP contribution in [0.4, 0.5) is 5.69 Å². The number of anilines is 1. The summed E-state index contributed by atoms with van der Waals surface area (Å²) in [4.78, 5) is 11.5. The van der Waals surface area contributed by atoms with E-state index in [9.17, 15) is 4.79 Å². The summed E-state index contributed by atoms with van der Waals surface area (Å²) >= 11 is 6.10. The third-order valence-electron chi connectivity index (χ3n) is 3.95. The normalized spacial score (nSPS) is 10.6. The molecule has 0 aliphatic carbocycles. The van der Waals surface area contributed by atoms with Gasteiger partial charge in [0.2, 0.25) is 0 Å². The van der Waals surface area contributed by atoms with Gasteiger partial charge in [0.1, 0.15) is 12.4 Å². The van der Waals surface area contributed by atoms with E-state index in [1.165, 1.54) is 7.11 Å². The topological polar surface area (TPSA) is 59.9 Å². The molecule has 1 N–H and O–H groups in total. The molecule has 5 nitrogen and oxygen atoms in total. The molecule has 3 aromatic carbocycles. The maximum absolute atomic E-state index is 11.5. The van der Waals surface area contributed by atoms with Gasteiger partial charge in [-0.05, 0) is 42.0 Å². The molecule has 142 valence electrons. The van der Waals surface area contributed by atoms with Gasteiger partial charge in [0.15, 0.2) is 0 Å². The quantitative estimate of drug-likeness (QED) is 0.342. The van der Waals surface area contributed by atoms with Crippen molar-refractivity contribution in [2.45, 2.75) is 6.61 Å². The van der Waals surface area contributed by atoms with Crippen molar-refractivity contribution < 1.29 is 14.3 Å². The summed E-state index contributed by atoms with van der Waals surface area (Å²) in [7, 11) is 1.36. The van der Waals surface area contributed by atoms with Gasteiger partial charge in [0.05, 0.1) is 29.6 Å². The van der Waals surface area contributed by atoms with Gasteiger partial charge in [-0.15, -0.1) is 0 Å². The minimum absolute atomic E-state index is 0.361. The fraction of sp³-hybridized carbons (Fsp3) is 0.0909.